The molecule has 0 saturated heterocycles. The lowest BCUT2D eigenvalue weighted by Gasteiger charge is -2.01. The predicted molar refractivity (Wildman–Crippen MR) is 57.5 cm³/mol. The number of hydrogen-bond donors (Lipinski definition) is 1. The molecule has 0 aliphatic heterocycles. The van der Waals surface area contributed by atoms with E-state index in [0.717, 1.165) is 0 Å². The van der Waals surface area contributed by atoms with Crippen LogP contribution in [0.25, 0.3) is 11.3 Å². The monoisotopic (exact) mass is 270 g/mol. The average molecular weight is 271 g/mol. The fourth-order valence-corrected chi connectivity index (χ4v) is 1.63. The van der Waals surface area contributed by atoms with Crippen LogP contribution in [0.5, 0.6) is 0 Å². The molecule has 0 atom stereocenters. The molecule has 0 aliphatic carbocycles. The fourth-order valence-electron chi connectivity index (χ4n) is 1.30. The van der Waals surface area contributed by atoms with Crippen LogP contribution in [0.2, 0.25) is 0 Å². The van der Waals surface area contributed by atoms with E-state index in [9.17, 15) is 4.39 Å². The van der Waals surface area contributed by atoms with E-state index >= 15 is 0 Å². The van der Waals surface area contributed by atoms with Crippen molar-refractivity contribution in [3.8, 4) is 11.3 Å². The first-order valence-corrected chi connectivity index (χ1v) is 5.10. The number of hydrogen-bond acceptors (Lipinski definition) is 3. The van der Waals surface area contributed by atoms with E-state index in [2.05, 4.69) is 21.1 Å². The van der Waals surface area contributed by atoms with Gasteiger partial charge in [0, 0.05) is 16.6 Å². The minimum atomic E-state index is -0.365. The smallest absolute Gasteiger partial charge is 0.174 e. The standard InChI is InChI=1S/C10H8BrFN2O/c11-7-1-2-8(9(12)3-7)10-6(4-13)5-14-15-10/h1-3,5H,4,13H2. The minimum Gasteiger partial charge on any atom is -0.356 e. The molecule has 0 bridgehead atoms. The number of nitrogens with two attached hydrogens (primary N) is 1. The highest BCUT2D eigenvalue weighted by molar-refractivity contribution is 9.10. The van der Waals surface area contributed by atoms with Crippen LogP contribution in [0.15, 0.2) is 33.4 Å². The lowest BCUT2D eigenvalue weighted by Crippen LogP contribution is -1.96. The van der Waals surface area contributed by atoms with Crippen molar-refractivity contribution in [3.63, 3.8) is 0 Å². The fraction of sp³-hybridized carbons (Fsp3) is 0.100. The van der Waals surface area contributed by atoms with Gasteiger partial charge in [0.05, 0.1) is 11.8 Å². The molecule has 1 aromatic carbocycles. The van der Waals surface area contributed by atoms with E-state index in [4.69, 9.17) is 10.3 Å². The summed E-state index contributed by atoms with van der Waals surface area (Å²) in [6.45, 7) is 0.272. The van der Waals surface area contributed by atoms with Crippen molar-refractivity contribution in [1.82, 2.24) is 5.16 Å². The third-order valence-corrected chi connectivity index (χ3v) is 2.53. The Hall–Kier alpha value is -1.20. The third kappa shape index (κ3) is 1.93. The van der Waals surface area contributed by atoms with Crippen molar-refractivity contribution in [2.24, 2.45) is 5.73 Å². The second-order valence-electron chi connectivity index (χ2n) is 3.01. The molecule has 0 aliphatic rings. The van der Waals surface area contributed by atoms with Gasteiger partial charge in [-0.15, -0.1) is 0 Å². The van der Waals surface area contributed by atoms with Gasteiger partial charge >= 0.3 is 0 Å². The second-order valence-corrected chi connectivity index (χ2v) is 3.92. The van der Waals surface area contributed by atoms with Gasteiger partial charge in [-0.25, -0.2) is 4.39 Å². The Morgan fingerprint density at radius 3 is 2.93 bits per heavy atom. The molecular formula is C10H8BrFN2O. The topological polar surface area (TPSA) is 52.0 Å². The van der Waals surface area contributed by atoms with Crippen LogP contribution >= 0.6 is 15.9 Å². The van der Waals surface area contributed by atoms with Gasteiger partial charge in [0.1, 0.15) is 5.82 Å². The molecule has 0 saturated carbocycles. The van der Waals surface area contributed by atoms with Gasteiger partial charge in [0.15, 0.2) is 5.76 Å². The number of nitrogens with zero attached hydrogens (tertiary/aromatic N) is 1. The Kier molecular flexibility index (Phi) is 2.83. The highest BCUT2D eigenvalue weighted by Gasteiger charge is 2.13. The van der Waals surface area contributed by atoms with E-state index in [1.807, 2.05) is 0 Å². The summed E-state index contributed by atoms with van der Waals surface area (Å²) in [5.74, 6) is 0.0262. The molecule has 0 spiro atoms. The van der Waals surface area contributed by atoms with E-state index in [1.54, 1.807) is 12.1 Å². The van der Waals surface area contributed by atoms with E-state index in [0.29, 0.717) is 21.4 Å². The molecule has 3 nitrogen and oxygen atoms in total. The zero-order valence-electron chi connectivity index (χ0n) is 7.71. The maximum absolute atomic E-state index is 13.6. The maximum Gasteiger partial charge on any atom is 0.174 e. The summed E-state index contributed by atoms with van der Waals surface area (Å²) in [5, 5.41) is 3.60. The molecule has 0 radical (unpaired) electrons. The lowest BCUT2D eigenvalue weighted by atomic mass is 10.1. The summed E-state index contributed by atoms with van der Waals surface area (Å²) >= 11 is 3.18. The molecule has 0 amide bonds. The SMILES string of the molecule is NCc1cnoc1-c1ccc(Br)cc1F. The van der Waals surface area contributed by atoms with Gasteiger partial charge in [-0.2, -0.15) is 0 Å². The Bertz CT molecular complexity index is 484. The summed E-state index contributed by atoms with van der Waals surface area (Å²) in [6.07, 6.45) is 1.50. The zero-order valence-corrected chi connectivity index (χ0v) is 9.29. The molecule has 5 heteroatoms. The quantitative estimate of drug-likeness (QED) is 0.913. The normalized spacial score (nSPS) is 10.6. The summed E-state index contributed by atoms with van der Waals surface area (Å²) in [7, 11) is 0. The van der Waals surface area contributed by atoms with E-state index in [1.165, 1.54) is 12.3 Å². The molecule has 2 N–H and O–H groups in total. The van der Waals surface area contributed by atoms with Crippen molar-refractivity contribution in [2.75, 3.05) is 0 Å². The van der Waals surface area contributed by atoms with Crippen LogP contribution in [0.4, 0.5) is 4.39 Å². The minimum absolute atomic E-state index is 0.272. The van der Waals surface area contributed by atoms with Gasteiger partial charge in [-0.3, -0.25) is 0 Å². The summed E-state index contributed by atoms with van der Waals surface area (Å²) in [4.78, 5) is 0. The molecule has 1 aromatic heterocycles. The Morgan fingerprint density at radius 1 is 1.47 bits per heavy atom. The number of rotatable bonds is 2. The summed E-state index contributed by atoms with van der Waals surface area (Å²) in [5.41, 5.74) is 6.54. The predicted octanol–water partition coefficient (Wildman–Crippen LogP) is 2.70. The third-order valence-electron chi connectivity index (χ3n) is 2.04. The molecule has 0 fully saturated rings. The van der Waals surface area contributed by atoms with Crippen LogP contribution in [0.3, 0.4) is 0 Å². The van der Waals surface area contributed by atoms with Gasteiger partial charge in [0.25, 0.3) is 0 Å². The maximum atomic E-state index is 13.6. The average Bonchev–Trinajstić information content (AvgIpc) is 2.65. The lowest BCUT2D eigenvalue weighted by molar-refractivity contribution is 0.429. The molecule has 1 heterocycles. The number of aromatic nitrogens is 1. The van der Waals surface area contributed by atoms with Crippen LogP contribution in [-0.2, 0) is 6.54 Å². The second kappa shape index (κ2) is 4.12. The largest absolute Gasteiger partial charge is 0.356 e. The Labute approximate surface area is 94.2 Å². The van der Waals surface area contributed by atoms with E-state index in [-0.39, 0.29) is 12.4 Å². The van der Waals surface area contributed by atoms with Crippen molar-refractivity contribution >= 4 is 15.9 Å². The molecule has 0 unspecified atom stereocenters. The van der Waals surface area contributed by atoms with Crippen LogP contribution < -0.4 is 5.73 Å². The first-order chi connectivity index (χ1) is 7.22. The zero-order chi connectivity index (χ0) is 10.8. The molecule has 15 heavy (non-hydrogen) atoms. The van der Waals surface area contributed by atoms with E-state index < -0.39 is 0 Å². The molecule has 2 aromatic rings. The number of halogens is 2. The molecular weight excluding hydrogens is 263 g/mol. The van der Waals surface area contributed by atoms with Crippen molar-refractivity contribution in [2.45, 2.75) is 6.54 Å². The molecule has 78 valence electrons. The van der Waals surface area contributed by atoms with Crippen LogP contribution in [-0.4, -0.2) is 5.16 Å². The highest BCUT2D eigenvalue weighted by Crippen LogP contribution is 2.27. The summed E-state index contributed by atoms with van der Waals surface area (Å²) in [6, 6.07) is 4.73. The first-order valence-electron chi connectivity index (χ1n) is 4.31. The van der Waals surface area contributed by atoms with Gasteiger partial charge in [-0.05, 0) is 18.2 Å². The Balaban J connectivity index is 2.54. The van der Waals surface area contributed by atoms with Crippen molar-refractivity contribution in [3.05, 3.63) is 40.2 Å². The Morgan fingerprint density at radius 2 is 2.27 bits per heavy atom. The first kappa shape index (κ1) is 10.3. The van der Waals surface area contributed by atoms with Gasteiger partial charge < -0.3 is 10.3 Å². The molecule has 2 rings (SSSR count). The van der Waals surface area contributed by atoms with Crippen LogP contribution in [0, 0.1) is 5.82 Å². The number of benzene rings is 1. The van der Waals surface area contributed by atoms with Gasteiger partial charge in [0.2, 0.25) is 0 Å². The highest BCUT2D eigenvalue weighted by atomic mass is 79.9. The van der Waals surface area contributed by atoms with Crippen molar-refractivity contribution in [1.29, 1.82) is 0 Å². The van der Waals surface area contributed by atoms with Gasteiger partial charge in [-0.1, -0.05) is 21.1 Å². The summed E-state index contributed by atoms with van der Waals surface area (Å²) < 4.78 is 19.2. The van der Waals surface area contributed by atoms with Crippen molar-refractivity contribution < 1.29 is 8.91 Å². The van der Waals surface area contributed by atoms with Crippen LogP contribution in [0.1, 0.15) is 5.56 Å².